The lowest BCUT2D eigenvalue weighted by Crippen LogP contribution is -2.50. The van der Waals surface area contributed by atoms with E-state index in [2.05, 4.69) is 67.0 Å². The lowest BCUT2D eigenvalue weighted by Gasteiger charge is -2.36. The van der Waals surface area contributed by atoms with Crippen molar-refractivity contribution in [3.8, 4) is 11.4 Å². The van der Waals surface area contributed by atoms with Crippen molar-refractivity contribution in [3.05, 3.63) is 35.0 Å². The molecule has 4 aromatic rings. The standard InChI is InChI=1S/C17H27ClN6O3.C17H23F2N9O.C15H22BF2N3O2/c1-12-11-26-10-9-24(12)15-20-13(18)19-14(21-15)22-5-7-23(8-6-22)16(25)27-17(2,3)4;1-10-9-29-7-6-28(10)17-25-14(11-8-22-15(20)23-12(11)13(18)19)24-16(26-17)27-4-2-21-3-5-27;1-14(2)15(3,4)23-16(22-14)11-8-19-12(20-9-21(5)6)7-10(11)13(17)18/h12H,5-11H2,1-4H3;8,10,13,21H,2-7,9H2,1H3,(H2,20,22,23);7-9,13H,1-6H3/t12-;10-;/m00./s1. The molecule has 0 radical (unpaired) electrons. The van der Waals surface area contributed by atoms with Crippen molar-refractivity contribution >= 4 is 72.2 Å². The highest BCUT2D eigenvalue weighted by Crippen LogP contribution is 2.38. The van der Waals surface area contributed by atoms with Crippen LogP contribution in [0, 0.1) is 0 Å². The van der Waals surface area contributed by atoms with Crippen molar-refractivity contribution in [1.29, 1.82) is 0 Å². The first-order chi connectivity index (χ1) is 37.3. The molecule has 0 aromatic carbocycles. The van der Waals surface area contributed by atoms with Gasteiger partial charge in [0, 0.05) is 103 Å². The molecule has 0 saturated carbocycles. The van der Waals surface area contributed by atoms with Crippen LogP contribution in [0.2, 0.25) is 5.28 Å². The summed E-state index contributed by atoms with van der Waals surface area (Å²) >= 11 is 6.16. The van der Waals surface area contributed by atoms with Gasteiger partial charge >= 0.3 is 13.2 Å². The second kappa shape index (κ2) is 26.0. The lowest BCUT2D eigenvalue weighted by atomic mass is 9.77. The van der Waals surface area contributed by atoms with Gasteiger partial charge in [0.05, 0.1) is 61.6 Å². The smallest absolute Gasteiger partial charge is 0.444 e. The minimum atomic E-state index is -2.83. The molecule has 5 aliphatic heterocycles. The Labute approximate surface area is 463 Å². The number of piperazine rings is 2. The second-order valence-electron chi connectivity index (χ2n) is 21.5. The summed E-state index contributed by atoms with van der Waals surface area (Å²) in [7, 11) is 2.70. The number of pyridine rings is 1. The molecule has 432 valence electrons. The van der Waals surface area contributed by atoms with Crippen molar-refractivity contribution in [3.63, 3.8) is 0 Å². The van der Waals surface area contributed by atoms with Crippen molar-refractivity contribution in [2.45, 2.75) is 104 Å². The molecular formula is C49H72BClF4N18O6. The number of carbonyl (C=O) groups excluding carboxylic acids is 1. The number of amides is 1. The van der Waals surface area contributed by atoms with Crippen molar-refractivity contribution < 1.29 is 45.9 Å². The summed E-state index contributed by atoms with van der Waals surface area (Å²) in [5.41, 5.74) is 3.44. The Bertz CT molecular complexity index is 2710. The number of anilines is 5. The third kappa shape index (κ3) is 15.8. The van der Waals surface area contributed by atoms with Gasteiger partial charge in [0.1, 0.15) is 11.3 Å². The molecule has 0 bridgehead atoms. The van der Waals surface area contributed by atoms with Gasteiger partial charge in [-0.15, -0.1) is 0 Å². The molecule has 30 heteroatoms. The third-order valence-electron chi connectivity index (χ3n) is 13.5. The van der Waals surface area contributed by atoms with E-state index in [0.29, 0.717) is 103 Å². The summed E-state index contributed by atoms with van der Waals surface area (Å²) in [6.45, 7) is 26.1. The zero-order valence-electron chi connectivity index (χ0n) is 46.7. The molecule has 0 aliphatic carbocycles. The fourth-order valence-corrected chi connectivity index (χ4v) is 8.64. The van der Waals surface area contributed by atoms with Crippen LogP contribution in [0.3, 0.4) is 0 Å². The maximum Gasteiger partial charge on any atom is 0.496 e. The summed E-state index contributed by atoms with van der Waals surface area (Å²) < 4.78 is 82.2. The topological polar surface area (TPSA) is 249 Å². The van der Waals surface area contributed by atoms with E-state index in [1.165, 1.54) is 24.8 Å². The summed E-state index contributed by atoms with van der Waals surface area (Å²) in [4.78, 5) is 66.3. The van der Waals surface area contributed by atoms with E-state index in [-0.39, 0.29) is 57.6 Å². The number of carbonyl (C=O) groups is 1. The van der Waals surface area contributed by atoms with Gasteiger partial charge in [0.2, 0.25) is 35.0 Å². The average molecular weight is 1130 g/mol. The maximum absolute atomic E-state index is 13.6. The molecule has 0 spiro atoms. The minimum Gasteiger partial charge on any atom is -0.444 e. The van der Waals surface area contributed by atoms with E-state index >= 15 is 0 Å². The lowest BCUT2D eigenvalue weighted by molar-refractivity contribution is 0.00578. The molecular weight excluding hydrogens is 1060 g/mol. The van der Waals surface area contributed by atoms with Crippen LogP contribution in [0.5, 0.6) is 0 Å². The summed E-state index contributed by atoms with van der Waals surface area (Å²) in [6.07, 6.45) is -1.69. The van der Waals surface area contributed by atoms with E-state index in [1.807, 2.05) is 70.1 Å². The number of aliphatic imine (C=N–C) groups is 1. The number of hydrogen-bond donors (Lipinski definition) is 2. The van der Waals surface area contributed by atoms with Gasteiger partial charge in [-0.05, 0) is 80.0 Å². The van der Waals surface area contributed by atoms with Crippen molar-refractivity contribution in [2.75, 3.05) is 131 Å². The predicted molar refractivity (Wildman–Crippen MR) is 292 cm³/mol. The number of ether oxygens (including phenoxy) is 3. The summed E-state index contributed by atoms with van der Waals surface area (Å²) in [6, 6.07) is 1.49. The largest absolute Gasteiger partial charge is 0.496 e. The molecule has 5 saturated heterocycles. The Kier molecular flexibility index (Phi) is 19.9. The van der Waals surface area contributed by atoms with Crippen molar-refractivity contribution in [1.82, 2.24) is 60.0 Å². The van der Waals surface area contributed by atoms with Gasteiger partial charge in [-0.3, -0.25) is 0 Å². The highest BCUT2D eigenvalue weighted by Gasteiger charge is 2.53. The van der Waals surface area contributed by atoms with Crippen LogP contribution in [0.4, 0.5) is 57.9 Å². The Morgan fingerprint density at radius 1 is 0.797 bits per heavy atom. The zero-order valence-corrected chi connectivity index (χ0v) is 47.4. The van der Waals surface area contributed by atoms with Crippen LogP contribution >= 0.6 is 11.6 Å². The minimum absolute atomic E-state index is 0.0482. The Balaban J connectivity index is 0.000000173. The highest BCUT2D eigenvalue weighted by molar-refractivity contribution is 6.62. The quantitative estimate of drug-likeness (QED) is 0.0934. The number of morpholine rings is 2. The molecule has 4 aromatic heterocycles. The maximum atomic E-state index is 13.6. The molecule has 2 atom stereocenters. The Morgan fingerprint density at radius 2 is 1.34 bits per heavy atom. The predicted octanol–water partition coefficient (Wildman–Crippen LogP) is 4.83. The van der Waals surface area contributed by atoms with E-state index in [9.17, 15) is 22.4 Å². The molecule has 9 rings (SSSR count). The molecule has 24 nitrogen and oxygen atoms in total. The Morgan fingerprint density at radius 3 is 1.89 bits per heavy atom. The zero-order chi connectivity index (χ0) is 57.4. The monoisotopic (exact) mass is 1130 g/mol. The van der Waals surface area contributed by atoms with Crippen molar-refractivity contribution in [2.24, 2.45) is 4.99 Å². The van der Waals surface area contributed by atoms with Crippen LogP contribution in [0.25, 0.3) is 11.4 Å². The summed E-state index contributed by atoms with van der Waals surface area (Å²) in [5, 5.41) is 3.44. The highest BCUT2D eigenvalue weighted by atomic mass is 35.5. The van der Waals surface area contributed by atoms with E-state index in [0.717, 1.165) is 13.1 Å². The van der Waals surface area contributed by atoms with Crippen LogP contribution in [-0.4, -0.2) is 209 Å². The Hall–Kier alpha value is -6.14. The van der Waals surface area contributed by atoms with E-state index in [4.69, 9.17) is 40.9 Å². The normalized spacial score (nSPS) is 20.5. The molecule has 1 amide bonds. The molecule has 0 unspecified atom stereocenters. The van der Waals surface area contributed by atoms with Crippen LogP contribution < -0.4 is 36.1 Å². The van der Waals surface area contributed by atoms with Gasteiger partial charge in [-0.25, -0.2) is 42.3 Å². The number of aromatic nitrogens is 9. The number of alkyl halides is 4. The number of nitrogen functional groups attached to an aromatic ring is 1. The molecule has 5 fully saturated rings. The summed E-state index contributed by atoms with van der Waals surface area (Å²) in [5.74, 6) is 2.08. The molecule has 79 heavy (non-hydrogen) atoms. The number of nitrogens with zero attached hydrogens (tertiary/aromatic N) is 16. The number of nitrogens with one attached hydrogen (secondary N) is 1. The number of nitrogens with two attached hydrogens (primary N) is 1. The molecule has 9 heterocycles. The third-order valence-corrected chi connectivity index (χ3v) is 13.6. The van der Waals surface area contributed by atoms with E-state index < -0.39 is 42.5 Å². The SMILES string of the molecule is CN(C)C=Nc1cc(C(F)F)c(B2OC(C)(C)C(C)(C)O2)cn1.C[C@H]1COCCN1c1nc(-c2cnc(N)nc2C(F)F)nc(N2CCNCC2)n1.C[C@H]1COCCN1c1nc(Cl)nc(N2CCN(C(=O)OC(C)(C)C)CC2)n1. The first-order valence-corrected chi connectivity index (χ1v) is 26.5. The fraction of sp³-hybridized carbons (Fsp3) is 0.653. The fourth-order valence-electron chi connectivity index (χ4n) is 8.49. The van der Waals surface area contributed by atoms with Crippen LogP contribution in [0.15, 0.2) is 23.5 Å². The first kappa shape index (κ1) is 60.5. The number of halogens is 5. The van der Waals surface area contributed by atoms with Gasteiger partial charge in [-0.2, -0.15) is 29.9 Å². The molecule has 3 N–H and O–H groups in total. The van der Waals surface area contributed by atoms with Gasteiger partial charge in [0.25, 0.3) is 12.9 Å². The van der Waals surface area contributed by atoms with Crippen LogP contribution in [-0.2, 0) is 23.5 Å². The van der Waals surface area contributed by atoms with Gasteiger partial charge in [0.15, 0.2) is 11.6 Å². The molecule has 5 aliphatic rings. The second-order valence-corrected chi connectivity index (χ2v) is 21.8. The van der Waals surface area contributed by atoms with E-state index in [1.54, 1.807) is 23.9 Å². The van der Waals surface area contributed by atoms with Crippen LogP contribution in [0.1, 0.15) is 86.4 Å². The van der Waals surface area contributed by atoms with Gasteiger partial charge < -0.3 is 64.0 Å². The first-order valence-electron chi connectivity index (χ1n) is 26.1. The number of hydrogen-bond acceptors (Lipinski definition) is 22. The number of rotatable bonds is 10. The average Bonchev–Trinajstić information content (AvgIpc) is 3.65. The van der Waals surface area contributed by atoms with Gasteiger partial charge in [-0.1, -0.05) is 0 Å².